The largest absolute Gasteiger partial charge is 0.216 e. The Hall–Kier alpha value is 0.200. The number of nitrogens with one attached hydrogen (secondary N) is 1. The molecule has 0 spiro atoms. The second-order valence-electron chi connectivity index (χ2n) is 4.91. The first kappa shape index (κ1) is 15.2. The highest BCUT2D eigenvalue weighted by Gasteiger charge is 2.27. The Kier molecular flexibility index (Phi) is 6.14. The lowest BCUT2D eigenvalue weighted by atomic mass is 10.1. The first-order chi connectivity index (χ1) is 6.70. The van der Waals surface area contributed by atoms with Crippen LogP contribution in [0.2, 0.25) is 0 Å². The summed E-state index contributed by atoms with van der Waals surface area (Å²) in [6, 6.07) is 0. The third-order valence-corrected chi connectivity index (χ3v) is 4.96. The molecule has 0 amide bonds. The molecule has 0 aliphatic heterocycles. The van der Waals surface area contributed by atoms with Crippen LogP contribution in [0.4, 0.5) is 0 Å². The molecular weight excluding hydrogens is 234 g/mol. The average Bonchev–Trinajstić information content (AvgIpc) is 2.10. The van der Waals surface area contributed by atoms with Gasteiger partial charge in [-0.15, -0.1) is 11.6 Å². The smallest absolute Gasteiger partial charge is 0.215 e. The van der Waals surface area contributed by atoms with E-state index in [1.54, 1.807) is 20.8 Å². The van der Waals surface area contributed by atoms with Crippen molar-refractivity contribution in [2.24, 2.45) is 5.92 Å². The molecule has 3 nitrogen and oxygen atoms in total. The molecule has 0 rings (SSSR count). The monoisotopic (exact) mass is 255 g/mol. The first-order valence-electron chi connectivity index (χ1n) is 5.26. The van der Waals surface area contributed by atoms with Gasteiger partial charge in [0.1, 0.15) is 0 Å². The summed E-state index contributed by atoms with van der Waals surface area (Å²) >= 11 is 5.65. The van der Waals surface area contributed by atoms with Gasteiger partial charge in [-0.2, -0.15) is 0 Å². The molecule has 5 heteroatoms. The molecule has 0 radical (unpaired) electrons. The van der Waals surface area contributed by atoms with Crippen molar-refractivity contribution in [2.75, 3.05) is 12.4 Å². The molecule has 0 aliphatic carbocycles. The maximum Gasteiger partial charge on any atom is 0.216 e. The maximum absolute atomic E-state index is 11.6. The summed E-state index contributed by atoms with van der Waals surface area (Å²) in [5.74, 6) is 1.08. The molecular formula is C10H22ClNO2S. The zero-order chi connectivity index (χ0) is 12.1. The van der Waals surface area contributed by atoms with Gasteiger partial charge in [0.05, 0.1) is 4.75 Å². The SMILES string of the molecule is CC(CCl)CCCNS(=O)(=O)C(C)(C)C. The fraction of sp³-hybridized carbons (Fsp3) is 1.00. The van der Waals surface area contributed by atoms with E-state index in [9.17, 15) is 8.42 Å². The quantitative estimate of drug-likeness (QED) is 0.585. The van der Waals surface area contributed by atoms with Gasteiger partial charge in [0.25, 0.3) is 0 Å². The van der Waals surface area contributed by atoms with Gasteiger partial charge >= 0.3 is 0 Å². The Morgan fingerprint density at radius 2 is 1.87 bits per heavy atom. The van der Waals surface area contributed by atoms with Crippen molar-refractivity contribution in [3.63, 3.8) is 0 Å². The van der Waals surface area contributed by atoms with E-state index in [0.717, 1.165) is 12.8 Å². The minimum Gasteiger partial charge on any atom is -0.215 e. The summed E-state index contributed by atoms with van der Waals surface area (Å²) in [5, 5.41) is 0. The molecule has 15 heavy (non-hydrogen) atoms. The molecule has 0 saturated heterocycles. The van der Waals surface area contributed by atoms with Crippen LogP contribution in [0.3, 0.4) is 0 Å². The normalized spacial score (nSPS) is 15.3. The standard InChI is InChI=1S/C10H22ClNO2S/c1-9(8-11)6-5-7-12-15(13,14)10(2,3)4/h9,12H,5-8H2,1-4H3. The zero-order valence-corrected chi connectivity index (χ0v) is 11.6. The van der Waals surface area contributed by atoms with Crippen molar-refractivity contribution >= 4 is 21.6 Å². The van der Waals surface area contributed by atoms with Crippen molar-refractivity contribution < 1.29 is 8.42 Å². The van der Waals surface area contributed by atoms with Crippen molar-refractivity contribution in [1.82, 2.24) is 4.72 Å². The van der Waals surface area contributed by atoms with E-state index in [1.807, 2.05) is 0 Å². The first-order valence-corrected chi connectivity index (χ1v) is 7.27. The van der Waals surface area contributed by atoms with E-state index >= 15 is 0 Å². The second kappa shape index (κ2) is 6.06. The van der Waals surface area contributed by atoms with E-state index in [1.165, 1.54) is 0 Å². The van der Waals surface area contributed by atoms with Crippen LogP contribution in [-0.4, -0.2) is 25.6 Å². The van der Waals surface area contributed by atoms with Gasteiger partial charge < -0.3 is 0 Å². The topological polar surface area (TPSA) is 46.2 Å². The average molecular weight is 256 g/mol. The van der Waals surface area contributed by atoms with Crippen LogP contribution >= 0.6 is 11.6 Å². The molecule has 1 N–H and O–H groups in total. The third-order valence-electron chi connectivity index (χ3n) is 2.24. The lowest BCUT2D eigenvalue weighted by molar-refractivity contribution is 0.525. The summed E-state index contributed by atoms with van der Waals surface area (Å²) in [7, 11) is -3.19. The Morgan fingerprint density at radius 3 is 2.27 bits per heavy atom. The van der Waals surface area contributed by atoms with Crippen molar-refractivity contribution in [3.05, 3.63) is 0 Å². The minimum atomic E-state index is -3.19. The highest BCUT2D eigenvalue weighted by molar-refractivity contribution is 7.90. The fourth-order valence-corrected chi connectivity index (χ4v) is 1.95. The van der Waals surface area contributed by atoms with E-state index in [4.69, 9.17) is 11.6 Å². The number of hydrogen-bond acceptors (Lipinski definition) is 2. The third kappa shape index (κ3) is 5.73. The van der Waals surface area contributed by atoms with Crippen molar-refractivity contribution in [2.45, 2.75) is 45.3 Å². The lowest BCUT2D eigenvalue weighted by Crippen LogP contribution is -2.39. The zero-order valence-electron chi connectivity index (χ0n) is 10.0. The Balaban J connectivity index is 3.88. The summed E-state index contributed by atoms with van der Waals surface area (Å²) in [6.45, 7) is 7.64. The van der Waals surface area contributed by atoms with Crippen LogP contribution in [0.5, 0.6) is 0 Å². The van der Waals surface area contributed by atoms with Crippen LogP contribution in [0.1, 0.15) is 40.5 Å². The van der Waals surface area contributed by atoms with Gasteiger partial charge in [0, 0.05) is 12.4 Å². The van der Waals surface area contributed by atoms with Gasteiger partial charge in [-0.3, -0.25) is 0 Å². The fourth-order valence-electron chi connectivity index (χ4n) is 0.951. The van der Waals surface area contributed by atoms with E-state index in [0.29, 0.717) is 18.3 Å². The summed E-state index contributed by atoms with van der Waals surface area (Å²) in [4.78, 5) is 0. The highest BCUT2D eigenvalue weighted by Crippen LogP contribution is 2.13. The summed E-state index contributed by atoms with van der Waals surface area (Å²) in [5.41, 5.74) is 0. The Labute approximate surface area is 98.6 Å². The number of halogens is 1. The molecule has 0 fully saturated rings. The maximum atomic E-state index is 11.6. The molecule has 0 saturated carbocycles. The molecule has 0 bridgehead atoms. The van der Waals surface area contributed by atoms with Gasteiger partial charge in [-0.1, -0.05) is 6.92 Å². The van der Waals surface area contributed by atoms with Crippen LogP contribution in [-0.2, 0) is 10.0 Å². The van der Waals surface area contributed by atoms with Crippen LogP contribution in [0, 0.1) is 5.92 Å². The number of hydrogen-bond donors (Lipinski definition) is 1. The van der Waals surface area contributed by atoms with Crippen LogP contribution in [0.15, 0.2) is 0 Å². The second-order valence-corrected chi connectivity index (χ2v) is 7.74. The number of alkyl halides is 1. The minimum absolute atomic E-state index is 0.450. The Morgan fingerprint density at radius 1 is 1.33 bits per heavy atom. The van der Waals surface area contributed by atoms with E-state index in [-0.39, 0.29) is 0 Å². The predicted octanol–water partition coefficient (Wildman–Crippen LogP) is 2.36. The molecule has 0 aromatic rings. The molecule has 0 aromatic heterocycles. The number of rotatable bonds is 6. The molecule has 0 aromatic carbocycles. The summed E-state index contributed by atoms with van der Waals surface area (Å²) < 4.78 is 25.1. The van der Waals surface area contributed by atoms with Gasteiger partial charge in [-0.05, 0) is 39.5 Å². The van der Waals surface area contributed by atoms with Crippen LogP contribution < -0.4 is 4.72 Å². The van der Waals surface area contributed by atoms with Gasteiger partial charge in [-0.25, -0.2) is 13.1 Å². The summed E-state index contributed by atoms with van der Waals surface area (Å²) in [6.07, 6.45) is 1.79. The molecule has 0 aliphatic rings. The van der Waals surface area contributed by atoms with Gasteiger partial charge in [0.2, 0.25) is 10.0 Å². The predicted molar refractivity (Wildman–Crippen MR) is 65.8 cm³/mol. The van der Waals surface area contributed by atoms with Gasteiger partial charge in [0.15, 0.2) is 0 Å². The lowest BCUT2D eigenvalue weighted by Gasteiger charge is -2.19. The molecule has 0 heterocycles. The van der Waals surface area contributed by atoms with E-state index in [2.05, 4.69) is 11.6 Å². The molecule has 1 unspecified atom stereocenters. The van der Waals surface area contributed by atoms with E-state index < -0.39 is 14.8 Å². The van der Waals surface area contributed by atoms with Crippen molar-refractivity contribution in [1.29, 1.82) is 0 Å². The number of sulfonamides is 1. The molecule has 92 valence electrons. The van der Waals surface area contributed by atoms with Crippen LogP contribution in [0.25, 0.3) is 0 Å². The highest BCUT2D eigenvalue weighted by atomic mass is 35.5. The van der Waals surface area contributed by atoms with Crippen molar-refractivity contribution in [3.8, 4) is 0 Å². The Bertz CT molecular complexity index is 270. The molecule has 1 atom stereocenters.